The summed E-state index contributed by atoms with van der Waals surface area (Å²) in [5, 5.41) is 0. The van der Waals surface area contributed by atoms with Crippen molar-refractivity contribution in [2.24, 2.45) is 5.92 Å². The van der Waals surface area contributed by atoms with Gasteiger partial charge in [0.1, 0.15) is 0 Å². The fourth-order valence-electron chi connectivity index (χ4n) is 2.24. The van der Waals surface area contributed by atoms with E-state index in [1.165, 1.54) is 11.2 Å². The zero-order valence-corrected chi connectivity index (χ0v) is 12.6. The summed E-state index contributed by atoms with van der Waals surface area (Å²) in [6, 6.07) is 6.55. The van der Waals surface area contributed by atoms with E-state index in [-0.39, 0.29) is 5.78 Å². The molecule has 6 heteroatoms. The molecule has 5 nitrogen and oxygen atoms in total. The first-order chi connectivity index (χ1) is 9.38. The number of rotatable bonds is 4. The van der Waals surface area contributed by atoms with Crippen LogP contribution in [0.4, 0.5) is 5.69 Å². The van der Waals surface area contributed by atoms with E-state index in [9.17, 15) is 13.2 Å². The van der Waals surface area contributed by atoms with Gasteiger partial charge in [0.2, 0.25) is 0 Å². The second-order valence-electron chi connectivity index (χ2n) is 5.33. The molecule has 1 N–H and O–H groups in total. The van der Waals surface area contributed by atoms with E-state index in [0.717, 1.165) is 12.8 Å². The smallest absolute Gasteiger partial charge is 0.295 e. The minimum atomic E-state index is -3.53. The molecule has 0 aliphatic carbocycles. The van der Waals surface area contributed by atoms with Crippen molar-refractivity contribution in [1.29, 1.82) is 0 Å². The highest BCUT2D eigenvalue weighted by Crippen LogP contribution is 2.20. The second kappa shape index (κ2) is 5.93. The molecule has 0 bridgehead atoms. The van der Waals surface area contributed by atoms with Crippen molar-refractivity contribution < 1.29 is 13.2 Å². The summed E-state index contributed by atoms with van der Waals surface area (Å²) in [5.41, 5.74) is 0.925. The van der Waals surface area contributed by atoms with Gasteiger partial charge in [0.25, 0.3) is 0 Å². The van der Waals surface area contributed by atoms with Gasteiger partial charge in [-0.15, -0.1) is 0 Å². The minimum absolute atomic E-state index is 0.0853. The third-order valence-electron chi connectivity index (χ3n) is 3.60. The first-order valence-corrected chi connectivity index (χ1v) is 8.21. The van der Waals surface area contributed by atoms with E-state index in [4.69, 9.17) is 0 Å². The number of nitrogens with zero attached hydrogens (tertiary/aromatic N) is 1. The van der Waals surface area contributed by atoms with Crippen LogP contribution >= 0.6 is 0 Å². The van der Waals surface area contributed by atoms with Crippen LogP contribution in [0.3, 0.4) is 0 Å². The summed E-state index contributed by atoms with van der Waals surface area (Å²) in [5.74, 6) is 0.486. The van der Waals surface area contributed by atoms with E-state index in [1.807, 2.05) is 0 Å². The van der Waals surface area contributed by atoms with Gasteiger partial charge in [0, 0.05) is 18.7 Å². The number of hydrogen-bond acceptors (Lipinski definition) is 3. The van der Waals surface area contributed by atoms with Crippen molar-refractivity contribution >= 4 is 21.7 Å². The molecule has 0 radical (unpaired) electrons. The normalized spacial score (nSPS) is 17.9. The van der Waals surface area contributed by atoms with E-state index >= 15 is 0 Å². The molecule has 20 heavy (non-hydrogen) atoms. The Morgan fingerprint density at radius 1 is 1.30 bits per heavy atom. The maximum absolute atomic E-state index is 12.3. The maximum Gasteiger partial charge on any atom is 0.301 e. The van der Waals surface area contributed by atoms with Crippen LogP contribution in [0.15, 0.2) is 24.3 Å². The van der Waals surface area contributed by atoms with E-state index in [0.29, 0.717) is 30.3 Å². The zero-order chi connectivity index (χ0) is 14.8. The fraction of sp³-hybridized carbons (Fsp3) is 0.500. The quantitative estimate of drug-likeness (QED) is 0.867. The molecular formula is C14H20N2O3S. The average molecular weight is 296 g/mol. The Hall–Kier alpha value is -1.40. The van der Waals surface area contributed by atoms with E-state index in [2.05, 4.69) is 11.6 Å². The fourth-order valence-corrected chi connectivity index (χ4v) is 3.49. The molecule has 0 aromatic heterocycles. The predicted octanol–water partition coefficient (Wildman–Crippen LogP) is 2.28. The van der Waals surface area contributed by atoms with Gasteiger partial charge in [-0.05, 0) is 37.8 Å². The Morgan fingerprint density at radius 2 is 1.95 bits per heavy atom. The van der Waals surface area contributed by atoms with Crippen molar-refractivity contribution in [3.05, 3.63) is 29.8 Å². The van der Waals surface area contributed by atoms with Crippen molar-refractivity contribution in [3.63, 3.8) is 0 Å². The third-order valence-corrected chi connectivity index (χ3v) is 5.14. The lowest BCUT2D eigenvalue weighted by atomic mass is 10.0. The van der Waals surface area contributed by atoms with E-state index < -0.39 is 10.2 Å². The van der Waals surface area contributed by atoms with Crippen LogP contribution < -0.4 is 4.72 Å². The van der Waals surface area contributed by atoms with Gasteiger partial charge in [0.15, 0.2) is 5.78 Å². The van der Waals surface area contributed by atoms with Crippen molar-refractivity contribution in [3.8, 4) is 0 Å². The Kier molecular flexibility index (Phi) is 4.45. The number of piperidine rings is 1. The van der Waals surface area contributed by atoms with Gasteiger partial charge in [-0.25, -0.2) is 0 Å². The molecule has 0 amide bonds. The number of carbonyl (C=O) groups excluding carboxylic acids is 1. The van der Waals surface area contributed by atoms with Crippen LogP contribution in [0.5, 0.6) is 0 Å². The van der Waals surface area contributed by atoms with Gasteiger partial charge in [-0.2, -0.15) is 12.7 Å². The molecule has 1 aromatic carbocycles. The molecule has 1 fully saturated rings. The molecule has 1 aliphatic rings. The molecule has 1 aromatic rings. The molecule has 1 aliphatic heterocycles. The first kappa shape index (κ1) is 15.0. The van der Waals surface area contributed by atoms with Crippen LogP contribution in [-0.2, 0) is 10.2 Å². The number of carbonyl (C=O) groups is 1. The van der Waals surface area contributed by atoms with Crippen molar-refractivity contribution in [2.75, 3.05) is 17.8 Å². The number of hydrogen-bond donors (Lipinski definition) is 1. The van der Waals surface area contributed by atoms with Crippen molar-refractivity contribution in [2.45, 2.75) is 26.7 Å². The van der Waals surface area contributed by atoms with Crippen molar-refractivity contribution in [1.82, 2.24) is 4.31 Å². The van der Waals surface area contributed by atoms with Crippen LogP contribution in [0.2, 0.25) is 0 Å². The topological polar surface area (TPSA) is 66.5 Å². The average Bonchev–Trinajstić information content (AvgIpc) is 2.39. The molecule has 0 saturated carbocycles. The Bertz CT molecular complexity index is 590. The van der Waals surface area contributed by atoms with Gasteiger partial charge < -0.3 is 0 Å². The molecule has 1 heterocycles. The number of benzene rings is 1. The lowest BCUT2D eigenvalue weighted by Gasteiger charge is -2.29. The summed E-state index contributed by atoms with van der Waals surface area (Å²) < 4.78 is 28.6. The van der Waals surface area contributed by atoms with Crippen LogP contribution in [0.1, 0.15) is 37.0 Å². The van der Waals surface area contributed by atoms with Gasteiger partial charge in [-0.1, -0.05) is 19.1 Å². The number of nitrogens with one attached hydrogen (secondary N) is 1. The number of anilines is 1. The second-order valence-corrected chi connectivity index (χ2v) is 7.00. The largest absolute Gasteiger partial charge is 0.301 e. The van der Waals surface area contributed by atoms with Gasteiger partial charge in [-0.3, -0.25) is 9.52 Å². The van der Waals surface area contributed by atoms with Crippen LogP contribution in [0.25, 0.3) is 0 Å². The molecular weight excluding hydrogens is 276 g/mol. The highest BCUT2D eigenvalue weighted by Gasteiger charge is 2.26. The predicted molar refractivity (Wildman–Crippen MR) is 79.0 cm³/mol. The standard InChI is InChI=1S/C14H20N2O3S/c1-11-6-8-16(9-7-11)20(18,19)15-14-5-3-4-13(10-14)12(2)17/h3-5,10-11,15H,6-9H2,1-2H3. The number of Topliss-reactive ketones (excluding diaryl/α,β-unsaturated/α-hetero) is 1. The van der Waals surface area contributed by atoms with Crippen LogP contribution in [0, 0.1) is 5.92 Å². The minimum Gasteiger partial charge on any atom is -0.295 e. The SMILES string of the molecule is CC(=O)c1cccc(NS(=O)(=O)N2CCC(C)CC2)c1. The molecule has 2 rings (SSSR count). The molecule has 0 spiro atoms. The molecule has 1 saturated heterocycles. The Balaban J connectivity index is 2.12. The van der Waals surface area contributed by atoms with Gasteiger partial charge >= 0.3 is 10.2 Å². The summed E-state index contributed by atoms with van der Waals surface area (Å²) in [6.07, 6.45) is 1.77. The molecule has 0 atom stereocenters. The highest BCUT2D eigenvalue weighted by molar-refractivity contribution is 7.90. The lowest BCUT2D eigenvalue weighted by Crippen LogP contribution is -2.41. The van der Waals surface area contributed by atoms with Crippen LogP contribution in [-0.4, -0.2) is 31.6 Å². The highest BCUT2D eigenvalue weighted by atomic mass is 32.2. The molecule has 0 unspecified atom stereocenters. The number of ketones is 1. The zero-order valence-electron chi connectivity index (χ0n) is 11.8. The Morgan fingerprint density at radius 3 is 2.55 bits per heavy atom. The third kappa shape index (κ3) is 3.58. The summed E-state index contributed by atoms with van der Waals surface area (Å²) in [6.45, 7) is 4.68. The Labute approximate surface area is 120 Å². The molecule has 110 valence electrons. The summed E-state index contributed by atoms with van der Waals surface area (Å²) in [4.78, 5) is 11.3. The van der Waals surface area contributed by atoms with E-state index in [1.54, 1.807) is 24.3 Å². The monoisotopic (exact) mass is 296 g/mol. The maximum atomic E-state index is 12.3. The van der Waals surface area contributed by atoms with Gasteiger partial charge in [0.05, 0.1) is 5.69 Å². The summed E-state index contributed by atoms with van der Waals surface area (Å²) in [7, 11) is -3.53. The summed E-state index contributed by atoms with van der Waals surface area (Å²) >= 11 is 0. The lowest BCUT2D eigenvalue weighted by molar-refractivity contribution is 0.101. The first-order valence-electron chi connectivity index (χ1n) is 6.77.